The van der Waals surface area contributed by atoms with Crippen LogP contribution in [-0.4, -0.2) is 37.4 Å². The lowest BCUT2D eigenvalue weighted by atomic mass is 10.00. The Morgan fingerprint density at radius 1 is 1.32 bits per heavy atom. The van der Waals surface area contributed by atoms with Gasteiger partial charge in [-0.3, -0.25) is 0 Å². The molecular weight excluding hydrogens is 306 g/mol. The van der Waals surface area contributed by atoms with Crippen molar-refractivity contribution < 1.29 is 14.0 Å². The average Bonchev–Trinajstić information content (AvgIpc) is 3.05. The molecule has 1 atom stereocenters. The molecule has 1 aliphatic heterocycles. The van der Waals surface area contributed by atoms with E-state index in [1.807, 2.05) is 0 Å². The maximum Gasteiger partial charge on any atom is 0.231 e. The fourth-order valence-corrected chi connectivity index (χ4v) is 2.92. The molecule has 0 bridgehead atoms. The highest BCUT2D eigenvalue weighted by Gasteiger charge is 2.22. The number of benzene rings is 1. The summed E-state index contributed by atoms with van der Waals surface area (Å²) in [6.45, 7) is 1.91. The van der Waals surface area contributed by atoms with Crippen molar-refractivity contribution >= 4 is 11.6 Å². The number of nitrogens with one attached hydrogen (secondary N) is 1. The predicted octanol–water partition coefficient (Wildman–Crippen LogP) is 2.87. The Morgan fingerprint density at radius 3 is 2.86 bits per heavy atom. The lowest BCUT2D eigenvalue weighted by molar-refractivity contribution is 0.322. The maximum absolute atomic E-state index is 6.22. The van der Waals surface area contributed by atoms with Gasteiger partial charge in [0.25, 0.3) is 0 Å². The first-order chi connectivity index (χ1) is 10.7. The lowest BCUT2D eigenvalue weighted by Gasteiger charge is -2.18. The van der Waals surface area contributed by atoms with Crippen LogP contribution in [0.1, 0.15) is 24.7 Å². The van der Waals surface area contributed by atoms with Gasteiger partial charge in [0.1, 0.15) is 0 Å². The molecule has 0 saturated carbocycles. The Hall–Kier alpha value is -1.79. The molecule has 7 heteroatoms. The minimum absolute atomic E-state index is 0.269. The van der Waals surface area contributed by atoms with Gasteiger partial charge in [-0.1, -0.05) is 16.8 Å². The van der Waals surface area contributed by atoms with Gasteiger partial charge in [-0.2, -0.15) is 4.98 Å². The highest BCUT2D eigenvalue weighted by molar-refractivity contribution is 6.32. The quantitative estimate of drug-likeness (QED) is 0.933. The normalized spacial score (nSPS) is 18.2. The monoisotopic (exact) mass is 323 g/mol. The van der Waals surface area contributed by atoms with E-state index in [2.05, 4.69) is 15.5 Å². The molecule has 0 aliphatic carbocycles. The molecule has 1 aromatic carbocycles. The Morgan fingerprint density at radius 2 is 2.18 bits per heavy atom. The van der Waals surface area contributed by atoms with E-state index in [4.69, 9.17) is 25.6 Å². The molecule has 0 amide bonds. The Balaban J connectivity index is 1.91. The highest BCUT2D eigenvalue weighted by atomic mass is 35.5. The van der Waals surface area contributed by atoms with Gasteiger partial charge >= 0.3 is 0 Å². The van der Waals surface area contributed by atoms with Crippen LogP contribution in [0.3, 0.4) is 0 Å². The number of halogens is 1. The van der Waals surface area contributed by atoms with E-state index in [0.717, 1.165) is 31.5 Å². The molecule has 1 fully saturated rings. The van der Waals surface area contributed by atoms with Gasteiger partial charge in [0.2, 0.25) is 11.7 Å². The van der Waals surface area contributed by atoms with E-state index in [-0.39, 0.29) is 5.92 Å². The molecular formula is C15H18ClN3O3. The van der Waals surface area contributed by atoms with Gasteiger partial charge < -0.3 is 19.3 Å². The van der Waals surface area contributed by atoms with Gasteiger partial charge in [0.15, 0.2) is 11.5 Å². The fraction of sp³-hybridized carbons (Fsp3) is 0.467. The summed E-state index contributed by atoms with van der Waals surface area (Å²) in [5.41, 5.74) is 0.737. The van der Waals surface area contributed by atoms with E-state index in [0.29, 0.717) is 28.2 Å². The molecule has 0 radical (unpaired) electrons. The van der Waals surface area contributed by atoms with Gasteiger partial charge in [0, 0.05) is 12.1 Å². The van der Waals surface area contributed by atoms with Gasteiger partial charge in [0.05, 0.1) is 25.2 Å². The van der Waals surface area contributed by atoms with E-state index in [9.17, 15) is 0 Å². The van der Waals surface area contributed by atoms with Gasteiger partial charge in [-0.05, 0) is 31.5 Å². The summed E-state index contributed by atoms with van der Waals surface area (Å²) in [6.07, 6.45) is 2.17. The molecule has 1 aromatic heterocycles. The maximum atomic E-state index is 6.22. The summed E-state index contributed by atoms with van der Waals surface area (Å²) >= 11 is 6.22. The predicted molar refractivity (Wildman–Crippen MR) is 82.7 cm³/mol. The fourth-order valence-electron chi connectivity index (χ4n) is 2.63. The number of aromatic nitrogens is 2. The van der Waals surface area contributed by atoms with Crippen molar-refractivity contribution in [3.8, 4) is 22.9 Å². The van der Waals surface area contributed by atoms with Crippen molar-refractivity contribution in [2.24, 2.45) is 0 Å². The minimum atomic E-state index is 0.269. The van der Waals surface area contributed by atoms with E-state index in [1.165, 1.54) is 0 Å². The molecule has 1 saturated heterocycles. The second kappa shape index (κ2) is 6.54. The number of rotatable bonds is 4. The number of ether oxygens (including phenoxy) is 2. The molecule has 6 nitrogen and oxygen atoms in total. The third-order valence-electron chi connectivity index (χ3n) is 3.78. The summed E-state index contributed by atoms with van der Waals surface area (Å²) in [4.78, 5) is 4.50. The molecule has 1 aliphatic rings. The second-order valence-electron chi connectivity index (χ2n) is 5.19. The van der Waals surface area contributed by atoms with Crippen molar-refractivity contribution in [3.63, 3.8) is 0 Å². The second-order valence-corrected chi connectivity index (χ2v) is 5.60. The zero-order valence-corrected chi connectivity index (χ0v) is 13.3. The Kier molecular flexibility index (Phi) is 4.49. The van der Waals surface area contributed by atoms with Crippen LogP contribution in [0.2, 0.25) is 5.02 Å². The first-order valence-electron chi connectivity index (χ1n) is 7.19. The van der Waals surface area contributed by atoms with E-state index < -0.39 is 0 Å². The average molecular weight is 324 g/mol. The molecule has 2 heterocycles. The van der Waals surface area contributed by atoms with Crippen LogP contribution in [0.15, 0.2) is 16.7 Å². The standard InChI is InChI=1S/C15H18ClN3O3/c1-20-12-7-10(6-11(16)13(12)21-2)14-18-15(22-19-14)9-4-3-5-17-8-9/h6-7,9,17H,3-5,8H2,1-2H3. The van der Waals surface area contributed by atoms with Crippen molar-refractivity contribution in [2.75, 3.05) is 27.3 Å². The number of hydrogen-bond acceptors (Lipinski definition) is 6. The number of hydrogen-bond donors (Lipinski definition) is 1. The summed E-state index contributed by atoms with van der Waals surface area (Å²) in [6, 6.07) is 3.54. The summed E-state index contributed by atoms with van der Waals surface area (Å²) < 4.78 is 15.9. The Labute approximate surface area is 133 Å². The van der Waals surface area contributed by atoms with Crippen LogP contribution in [0, 0.1) is 0 Å². The van der Waals surface area contributed by atoms with Crippen molar-refractivity contribution in [1.29, 1.82) is 0 Å². The van der Waals surface area contributed by atoms with Crippen LogP contribution in [0.4, 0.5) is 0 Å². The van der Waals surface area contributed by atoms with Crippen LogP contribution in [-0.2, 0) is 0 Å². The molecule has 1 N–H and O–H groups in total. The first-order valence-corrected chi connectivity index (χ1v) is 7.57. The molecule has 0 spiro atoms. The number of nitrogens with zero attached hydrogens (tertiary/aromatic N) is 2. The van der Waals surface area contributed by atoms with Crippen LogP contribution < -0.4 is 14.8 Å². The van der Waals surface area contributed by atoms with E-state index >= 15 is 0 Å². The third-order valence-corrected chi connectivity index (χ3v) is 4.06. The van der Waals surface area contributed by atoms with Crippen LogP contribution in [0.5, 0.6) is 11.5 Å². The van der Waals surface area contributed by atoms with Gasteiger partial charge in [-0.25, -0.2) is 0 Å². The zero-order valence-electron chi connectivity index (χ0n) is 12.6. The summed E-state index contributed by atoms with van der Waals surface area (Å²) in [7, 11) is 3.11. The van der Waals surface area contributed by atoms with E-state index in [1.54, 1.807) is 26.4 Å². The summed E-state index contributed by atoms with van der Waals surface area (Å²) in [5, 5.41) is 7.85. The van der Waals surface area contributed by atoms with Crippen molar-refractivity contribution in [2.45, 2.75) is 18.8 Å². The molecule has 118 valence electrons. The Bertz CT molecular complexity index is 653. The molecule has 1 unspecified atom stereocenters. The number of piperidine rings is 1. The van der Waals surface area contributed by atoms with Crippen LogP contribution in [0.25, 0.3) is 11.4 Å². The summed E-state index contributed by atoms with van der Waals surface area (Å²) in [5.74, 6) is 2.46. The zero-order chi connectivity index (χ0) is 15.5. The smallest absolute Gasteiger partial charge is 0.231 e. The topological polar surface area (TPSA) is 69.4 Å². The molecule has 2 aromatic rings. The highest BCUT2D eigenvalue weighted by Crippen LogP contribution is 2.38. The molecule has 3 rings (SSSR count). The largest absolute Gasteiger partial charge is 0.493 e. The van der Waals surface area contributed by atoms with Crippen molar-refractivity contribution in [3.05, 3.63) is 23.0 Å². The lowest BCUT2D eigenvalue weighted by Crippen LogP contribution is -2.28. The first kappa shape index (κ1) is 15.1. The minimum Gasteiger partial charge on any atom is -0.493 e. The molecule has 22 heavy (non-hydrogen) atoms. The van der Waals surface area contributed by atoms with Crippen molar-refractivity contribution in [1.82, 2.24) is 15.5 Å². The van der Waals surface area contributed by atoms with Crippen LogP contribution >= 0.6 is 11.6 Å². The number of methoxy groups -OCH3 is 2. The third kappa shape index (κ3) is 2.89. The van der Waals surface area contributed by atoms with Gasteiger partial charge in [-0.15, -0.1) is 0 Å². The SMILES string of the molecule is COc1cc(-c2noc(C3CCCNC3)n2)cc(Cl)c1OC.